The summed E-state index contributed by atoms with van der Waals surface area (Å²) >= 11 is 0. The van der Waals surface area contributed by atoms with Gasteiger partial charge in [-0.2, -0.15) is 0 Å². The molecular weight excluding hydrogens is 407 g/mol. The Morgan fingerprint density at radius 2 is 1.23 bits per heavy atom. The van der Waals surface area contributed by atoms with Crippen molar-refractivity contribution in [2.75, 3.05) is 13.2 Å². The van der Waals surface area contributed by atoms with Crippen molar-refractivity contribution in [3.05, 3.63) is 71.2 Å². The van der Waals surface area contributed by atoms with E-state index in [2.05, 4.69) is 0 Å². The van der Waals surface area contributed by atoms with Gasteiger partial charge in [0.1, 0.15) is 24.4 Å². The van der Waals surface area contributed by atoms with Crippen LogP contribution in [0.25, 0.3) is 21.9 Å². The van der Waals surface area contributed by atoms with Gasteiger partial charge in [-0.1, -0.05) is 0 Å². The van der Waals surface area contributed by atoms with Crippen LogP contribution in [0, 0.1) is 13.8 Å². The van der Waals surface area contributed by atoms with Crippen LogP contribution < -0.4 is 0 Å². The van der Waals surface area contributed by atoms with Gasteiger partial charge in [0.05, 0.1) is 12.5 Å². The van der Waals surface area contributed by atoms with E-state index in [9.17, 15) is 14.2 Å². The Hall–Kier alpha value is -2.99. The topological polar surface area (TPSA) is 96.0 Å². The molecule has 0 aliphatic heterocycles. The normalized spacial score (nSPS) is 11.6. The quantitative estimate of drug-likeness (QED) is 0.279. The molecule has 0 fully saturated rings. The van der Waals surface area contributed by atoms with Gasteiger partial charge in [-0.15, -0.1) is 0 Å². The van der Waals surface area contributed by atoms with E-state index < -0.39 is 21.5 Å². The van der Waals surface area contributed by atoms with Crippen molar-refractivity contribution in [1.29, 1.82) is 0 Å². The SMILES string of the molecule is Cc1coc2ccc(C(=O)CO[PH](=O)OCC(=O)c3ccc4occ(C)c4c3)cc12. The molecule has 8 heteroatoms. The second-order valence-electron chi connectivity index (χ2n) is 6.93. The van der Waals surface area contributed by atoms with Gasteiger partial charge in [0.25, 0.3) is 0 Å². The maximum Gasteiger partial charge on any atom is 0.320 e. The zero-order valence-electron chi connectivity index (χ0n) is 16.4. The average molecular weight is 426 g/mol. The van der Waals surface area contributed by atoms with Gasteiger partial charge in [0.2, 0.25) is 0 Å². The Labute approximate surface area is 172 Å². The predicted molar refractivity (Wildman–Crippen MR) is 111 cm³/mol. The molecular formula is C22H19O7P. The van der Waals surface area contributed by atoms with Gasteiger partial charge in [0, 0.05) is 21.9 Å². The zero-order chi connectivity index (χ0) is 21.3. The first-order chi connectivity index (χ1) is 14.4. The Kier molecular flexibility index (Phi) is 5.68. The van der Waals surface area contributed by atoms with Crippen LogP contribution in [-0.2, 0) is 13.6 Å². The molecule has 0 N–H and O–H groups in total. The van der Waals surface area contributed by atoms with Crippen LogP contribution in [0.2, 0.25) is 0 Å². The van der Waals surface area contributed by atoms with Gasteiger partial charge >= 0.3 is 8.25 Å². The number of fused-ring (bicyclic) bond motifs is 2. The highest BCUT2D eigenvalue weighted by Gasteiger charge is 2.14. The first kappa shape index (κ1) is 20.3. The van der Waals surface area contributed by atoms with Crippen molar-refractivity contribution in [3.63, 3.8) is 0 Å². The fourth-order valence-corrected chi connectivity index (χ4v) is 3.70. The number of hydrogen-bond acceptors (Lipinski definition) is 7. The molecule has 0 atom stereocenters. The molecule has 0 amide bonds. The molecule has 30 heavy (non-hydrogen) atoms. The first-order valence-electron chi connectivity index (χ1n) is 9.24. The molecule has 0 saturated heterocycles. The van der Waals surface area contributed by atoms with Crippen LogP contribution in [-0.4, -0.2) is 24.8 Å². The molecule has 4 aromatic rings. The van der Waals surface area contributed by atoms with Crippen molar-refractivity contribution in [3.8, 4) is 0 Å². The smallest absolute Gasteiger partial charge is 0.320 e. The van der Waals surface area contributed by atoms with E-state index >= 15 is 0 Å². The summed E-state index contributed by atoms with van der Waals surface area (Å²) in [6, 6.07) is 10.0. The molecule has 0 aliphatic carbocycles. The minimum absolute atomic E-state index is 0.341. The zero-order valence-corrected chi connectivity index (χ0v) is 17.4. The van der Waals surface area contributed by atoms with E-state index in [1.54, 1.807) is 48.9 Å². The second kappa shape index (κ2) is 8.40. The molecule has 2 aromatic carbocycles. The van der Waals surface area contributed by atoms with Crippen molar-refractivity contribution in [1.82, 2.24) is 0 Å². The summed E-state index contributed by atoms with van der Waals surface area (Å²) in [6.07, 6.45) is 3.23. The molecule has 2 heterocycles. The Balaban J connectivity index is 1.31. The van der Waals surface area contributed by atoms with Crippen LogP contribution in [0.5, 0.6) is 0 Å². The van der Waals surface area contributed by atoms with Crippen molar-refractivity contribution in [2.45, 2.75) is 13.8 Å². The number of Topliss-reactive ketones (excluding diaryl/α,β-unsaturated/α-hetero) is 2. The summed E-state index contributed by atoms with van der Waals surface area (Å²) in [6.45, 7) is 2.95. The van der Waals surface area contributed by atoms with E-state index in [1.807, 2.05) is 13.8 Å². The summed E-state index contributed by atoms with van der Waals surface area (Å²) in [5.74, 6) is -0.682. The van der Waals surface area contributed by atoms with Crippen molar-refractivity contribution >= 4 is 41.8 Å². The summed E-state index contributed by atoms with van der Waals surface area (Å²) in [5.41, 5.74) is 4.04. The Morgan fingerprint density at radius 1 is 0.800 bits per heavy atom. The minimum atomic E-state index is -3.00. The lowest BCUT2D eigenvalue weighted by atomic mass is 10.1. The summed E-state index contributed by atoms with van der Waals surface area (Å²) < 4.78 is 32.7. The fraction of sp³-hybridized carbons (Fsp3) is 0.182. The molecule has 0 unspecified atom stereocenters. The predicted octanol–water partition coefficient (Wildman–Crippen LogP) is 5.28. The van der Waals surface area contributed by atoms with E-state index in [4.69, 9.17) is 17.9 Å². The number of aryl methyl sites for hydroxylation is 2. The number of benzene rings is 2. The number of carbonyl (C=O) groups excluding carboxylic acids is 2. The molecule has 2 aromatic heterocycles. The third kappa shape index (κ3) is 4.14. The summed E-state index contributed by atoms with van der Waals surface area (Å²) in [5, 5.41) is 1.67. The van der Waals surface area contributed by atoms with Gasteiger partial charge < -0.3 is 17.9 Å². The van der Waals surface area contributed by atoms with Gasteiger partial charge in [0.15, 0.2) is 11.6 Å². The van der Waals surface area contributed by atoms with Crippen LogP contribution in [0.3, 0.4) is 0 Å². The molecule has 0 radical (unpaired) electrons. The highest BCUT2D eigenvalue weighted by Crippen LogP contribution is 2.27. The maximum atomic E-state index is 12.3. The van der Waals surface area contributed by atoms with Crippen LogP contribution in [0.4, 0.5) is 0 Å². The van der Waals surface area contributed by atoms with E-state index in [-0.39, 0.29) is 11.6 Å². The average Bonchev–Trinajstić information content (AvgIpc) is 3.32. The van der Waals surface area contributed by atoms with Crippen LogP contribution >= 0.6 is 8.25 Å². The third-order valence-corrected chi connectivity index (χ3v) is 5.58. The van der Waals surface area contributed by atoms with Gasteiger partial charge in [-0.05, 0) is 61.4 Å². The lowest BCUT2D eigenvalue weighted by molar-refractivity contribution is 0.0877. The number of carbonyl (C=O) groups is 2. The fourth-order valence-electron chi connectivity index (χ4n) is 3.12. The van der Waals surface area contributed by atoms with Gasteiger partial charge in [-0.25, -0.2) is 0 Å². The lowest BCUT2D eigenvalue weighted by Crippen LogP contribution is -2.09. The lowest BCUT2D eigenvalue weighted by Gasteiger charge is -2.06. The van der Waals surface area contributed by atoms with E-state index in [1.165, 1.54) is 0 Å². The van der Waals surface area contributed by atoms with E-state index in [0.29, 0.717) is 22.3 Å². The minimum Gasteiger partial charge on any atom is -0.464 e. The van der Waals surface area contributed by atoms with Crippen molar-refractivity contribution in [2.24, 2.45) is 0 Å². The molecule has 0 bridgehead atoms. The Morgan fingerprint density at radius 3 is 1.67 bits per heavy atom. The number of furan rings is 2. The highest BCUT2D eigenvalue weighted by atomic mass is 31.1. The summed E-state index contributed by atoms with van der Waals surface area (Å²) in [7, 11) is -3.00. The third-order valence-electron chi connectivity index (χ3n) is 4.82. The molecule has 7 nitrogen and oxygen atoms in total. The van der Waals surface area contributed by atoms with Crippen molar-refractivity contribution < 1.29 is 32.0 Å². The molecule has 0 saturated carbocycles. The number of ketones is 2. The largest absolute Gasteiger partial charge is 0.464 e. The van der Waals surface area contributed by atoms with Gasteiger partial charge in [-0.3, -0.25) is 14.2 Å². The first-order valence-corrected chi connectivity index (χ1v) is 10.5. The van der Waals surface area contributed by atoms with Crippen LogP contribution in [0.15, 0.2) is 57.8 Å². The maximum absolute atomic E-state index is 12.3. The molecule has 0 spiro atoms. The van der Waals surface area contributed by atoms with E-state index in [0.717, 1.165) is 21.9 Å². The monoisotopic (exact) mass is 426 g/mol. The molecule has 0 aliphatic rings. The highest BCUT2D eigenvalue weighted by molar-refractivity contribution is 7.33. The summed E-state index contributed by atoms with van der Waals surface area (Å²) in [4.78, 5) is 24.6. The second-order valence-corrected chi connectivity index (χ2v) is 8.01. The van der Waals surface area contributed by atoms with Crippen LogP contribution in [0.1, 0.15) is 31.8 Å². The standard InChI is InChI=1S/C22H19O7P/c1-13-9-26-21-5-3-15(7-17(13)21)19(23)11-28-30(25)29-12-20(24)16-4-6-22-18(8-16)14(2)10-27-22/h3-10,30H,11-12H2,1-2H3. The molecule has 154 valence electrons. The Bertz CT molecular complexity index is 1180. The number of rotatable bonds is 8. The molecule has 4 rings (SSSR count). The number of hydrogen-bond donors (Lipinski definition) is 0.